The Bertz CT molecular complexity index is 213. The molecule has 1 aromatic heterocycles. The normalized spacial score (nSPS) is 10.3. The van der Waals surface area contributed by atoms with Crippen molar-refractivity contribution in [3.8, 4) is 0 Å². The van der Waals surface area contributed by atoms with E-state index in [9.17, 15) is 0 Å². The highest BCUT2D eigenvalue weighted by atomic mass is 32.1. The summed E-state index contributed by atoms with van der Waals surface area (Å²) in [7, 11) is 0. The number of thiazole rings is 1. The minimum atomic E-state index is 0.198. The first-order valence-corrected chi connectivity index (χ1v) is 5.51. The van der Waals surface area contributed by atoms with Crippen molar-refractivity contribution < 1.29 is 5.11 Å². The van der Waals surface area contributed by atoms with Crippen molar-refractivity contribution in [2.75, 3.05) is 24.6 Å². The van der Waals surface area contributed by atoms with Crippen molar-refractivity contribution in [1.82, 2.24) is 4.98 Å². The van der Waals surface area contributed by atoms with Gasteiger partial charge in [0.15, 0.2) is 5.13 Å². The van der Waals surface area contributed by atoms with Crippen molar-refractivity contribution in [3.63, 3.8) is 0 Å². The molecule has 0 aliphatic rings. The summed E-state index contributed by atoms with van der Waals surface area (Å²) in [6.07, 6.45) is 4.13. The first-order chi connectivity index (χ1) is 6.38. The van der Waals surface area contributed by atoms with Crippen molar-refractivity contribution >= 4 is 16.5 Å². The molecule has 1 rings (SSSR count). The lowest BCUT2D eigenvalue weighted by Crippen LogP contribution is -2.27. The fourth-order valence-electron chi connectivity index (χ4n) is 1.14. The highest BCUT2D eigenvalue weighted by Crippen LogP contribution is 2.17. The fraction of sp³-hybridized carbons (Fsp3) is 0.667. The molecule has 0 fully saturated rings. The summed E-state index contributed by atoms with van der Waals surface area (Å²) in [6.45, 7) is 4.04. The van der Waals surface area contributed by atoms with Gasteiger partial charge < -0.3 is 10.0 Å². The Morgan fingerprint density at radius 3 is 2.92 bits per heavy atom. The molecule has 0 spiro atoms. The van der Waals surface area contributed by atoms with Crippen LogP contribution in [0.1, 0.15) is 19.8 Å². The molecule has 1 N–H and O–H groups in total. The zero-order valence-electron chi connectivity index (χ0n) is 7.94. The topological polar surface area (TPSA) is 36.4 Å². The number of nitrogens with zero attached hydrogens (tertiary/aromatic N) is 2. The van der Waals surface area contributed by atoms with Crippen LogP contribution in [0.15, 0.2) is 11.6 Å². The Kier molecular flexibility index (Phi) is 4.78. The molecule has 0 saturated heterocycles. The van der Waals surface area contributed by atoms with Crippen LogP contribution in [0.4, 0.5) is 5.13 Å². The van der Waals surface area contributed by atoms with Crippen molar-refractivity contribution in [2.24, 2.45) is 0 Å². The Hall–Kier alpha value is -0.610. The van der Waals surface area contributed by atoms with Crippen LogP contribution in [0.5, 0.6) is 0 Å². The van der Waals surface area contributed by atoms with Gasteiger partial charge >= 0.3 is 0 Å². The van der Waals surface area contributed by atoms with Crippen LogP contribution < -0.4 is 4.90 Å². The standard InChI is InChI=1S/C9H16N2OS/c1-2-3-5-11(6-7-12)9-10-4-8-13-9/h4,8,12H,2-3,5-7H2,1H3. The molecule has 1 aromatic rings. The smallest absolute Gasteiger partial charge is 0.185 e. The SMILES string of the molecule is CCCCN(CCO)c1nccs1. The molecule has 1 heterocycles. The van der Waals surface area contributed by atoms with Gasteiger partial charge in [0.2, 0.25) is 0 Å². The quantitative estimate of drug-likeness (QED) is 0.760. The highest BCUT2D eigenvalue weighted by molar-refractivity contribution is 7.13. The Morgan fingerprint density at radius 2 is 2.38 bits per heavy atom. The summed E-state index contributed by atoms with van der Waals surface area (Å²) in [6, 6.07) is 0. The van der Waals surface area contributed by atoms with Gasteiger partial charge in [-0.3, -0.25) is 0 Å². The van der Waals surface area contributed by atoms with Crippen LogP contribution in [0.2, 0.25) is 0 Å². The van der Waals surface area contributed by atoms with Gasteiger partial charge in [-0.05, 0) is 6.42 Å². The van der Waals surface area contributed by atoms with E-state index in [2.05, 4.69) is 16.8 Å². The maximum absolute atomic E-state index is 8.87. The Labute approximate surface area is 83.0 Å². The van der Waals surface area contributed by atoms with Gasteiger partial charge in [0.1, 0.15) is 0 Å². The van der Waals surface area contributed by atoms with Gasteiger partial charge in [0.25, 0.3) is 0 Å². The van der Waals surface area contributed by atoms with Gasteiger partial charge in [-0.25, -0.2) is 4.98 Å². The van der Waals surface area contributed by atoms with E-state index < -0.39 is 0 Å². The third-order valence-electron chi connectivity index (χ3n) is 1.84. The number of aliphatic hydroxyl groups is 1. The largest absolute Gasteiger partial charge is 0.395 e. The van der Waals surface area contributed by atoms with E-state index in [-0.39, 0.29) is 6.61 Å². The third-order valence-corrected chi connectivity index (χ3v) is 2.67. The van der Waals surface area contributed by atoms with Crippen LogP contribution >= 0.6 is 11.3 Å². The van der Waals surface area contributed by atoms with Crippen molar-refractivity contribution in [1.29, 1.82) is 0 Å². The van der Waals surface area contributed by atoms with Crippen LogP contribution in [0, 0.1) is 0 Å². The minimum Gasteiger partial charge on any atom is -0.395 e. The number of aliphatic hydroxyl groups excluding tert-OH is 1. The van der Waals surface area contributed by atoms with Crippen LogP contribution in [0.25, 0.3) is 0 Å². The molecule has 0 amide bonds. The van der Waals surface area contributed by atoms with Crippen LogP contribution in [0.3, 0.4) is 0 Å². The maximum atomic E-state index is 8.87. The highest BCUT2D eigenvalue weighted by Gasteiger charge is 2.06. The lowest BCUT2D eigenvalue weighted by Gasteiger charge is -2.19. The second-order valence-corrected chi connectivity index (χ2v) is 3.75. The Morgan fingerprint density at radius 1 is 1.54 bits per heavy atom. The van der Waals surface area contributed by atoms with E-state index in [1.807, 2.05) is 5.38 Å². The molecule has 0 aliphatic heterocycles. The predicted octanol–water partition coefficient (Wildman–Crippen LogP) is 1.74. The van der Waals surface area contributed by atoms with Gasteiger partial charge in [-0.1, -0.05) is 13.3 Å². The maximum Gasteiger partial charge on any atom is 0.185 e. The zero-order valence-corrected chi connectivity index (χ0v) is 8.76. The average Bonchev–Trinajstić information content (AvgIpc) is 2.65. The molecule has 0 saturated carbocycles. The number of aromatic nitrogens is 1. The first kappa shape index (κ1) is 10.5. The summed E-state index contributed by atoms with van der Waals surface area (Å²) in [4.78, 5) is 6.35. The van der Waals surface area contributed by atoms with E-state index in [1.54, 1.807) is 17.5 Å². The van der Waals surface area contributed by atoms with Gasteiger partial charge in [0, 0.05) is 24.7 Å². The molecular formula is C9H16N2OS. The van der Waals surface area contributed by atoms with Crippen LogP contribution in [-0.2, 0) is 0 Å². The number of hydrogen-bond donors (Lipinski definition) is 1. The number of unbranched alkanes of at least 4 members (excludes halogenated alkanes) is 1. The molecule has 4 heteroatoms. The lowest BCUT2D eigenvalue weighted by atomic mass is 10.3. The van der Waals surface area contributed by atoms with E-state index in [1.165, 1.54) is 6.42 Å². The zero-order chi connectivity index (χ0) is 9.52. The predicted molar refractivity (Wildman–Crippen MR) is 56.3 cm³/mol. The molecule has 0 bridgehead atoms. The molecule has 0 atom stereocenters. The molecule has 3 nitrogen and oxygen atoms in total. The molecule has 0 aliphatic carbocycles. The summed E-state index contributed by atoms with van der Waals surface area (Å²) in [5.74, 6) is 0. The van der Waals surface area contributed by atoms with Gasteiger partial charge in [0.05, 0.1) is 6.61 Å². The number of hydrogen-bond acceptors (Lipinski definition) is 4. The van der Waals surface area contributed by atoms with Crippen molar-refractivity contribution in [3.05, 3.63) is 11.6 Å². The molecule has 0 aromatic carbocycles. The Balaban J connectivity index is 2.47. The van der Waals surface area contributed by atoms with E-state index in [0.717, 1.165) is 18.1 Å². The van der Waals surface area contributed by atoms with E-state index >= 15 is 0 Å². The summed E-state index contributed by atoms with van der Waals surface area (Å²) >= 11 is 1.63. The van der Waals surface area contributed by atoms with Crippen LogP contribution in [-0.4, -0.2) is 29.8 Å². The summed E-state index contributed by atoms with van der Waals surface area (Å²) in [5, 5.41) is 11.9. The summed E-state index contributed by atoms with van der Waals surface area (Å²) in [5.41, 5.74) is 0. The average molecular weight is 200 g/mol. The fourth-order valence-corrected chi connectivity index (χ4v) is 1.84. The lowest BCUT2D eigenvalue weighted by molar-refractivity contribution is 0.301. The van der Waals surface area contributed by atoms with E-state index in [4.69, 9.17) is 5.11 Å². The summed E-state index contributed by atoms with van der Waals surface area (Å²) < 4.78 is 0. The number of anilines is 1. The van der Waals surface area contributed by atoms with Gasteiger partial charge in [-0.15, -0.1) is 11.3 Å². The second kappa shape index (κ2) is 5.94. The van der Waals surface area contributed by atoms with Gasteiger partial charge in [-0.2, -0.15) is 0 Å². The molecule has 0 unspecified atom stereocenters. The molecular weight excluding hydrogens is 184 g/mol. The molecule has 13 heavy (non-hydrogen) atoms. The molecule has 74 valence electrons. The monoisotopic (exact) mass is 200 g/mol. The number of rotatable bonds is 6. The first-order valence-electron chi connectivity index (χ1n) is 4.63. The van der Waals surface area contributed by atoms with E-state index in [0.29, 0.717) is 6.54 Å². The van der Waals surface area contributed by atoms with Crippen molar-refractivity contribution in [2.45, 2.75) is 19.8 Å². The minimum absolute atomic E-state index is 0.198. The molecule has 0 radical (unpaired) electrons. The third kappa shape index (κ3) is 3.32. The second-order valence-electron chi connectivity index (χ2n) is 2.88.